The second-order valence-electron chi connectivity index (χ2n) is 3.35. The molecule has 15 heavy (non-hydrogen) atoms. The van der Waals surface area contributed by atoms with Crippen LogP contribution in [0.4, 0.5) is 0 Å². The second kappa shape index (κ2) is 7.44. The van der Waals surface area contributed by atoms with E-state index in [-0.39, 0.29) is 0 Å². The molecular formula is C14H25N. The predicted octanol–water partition coefficient (Wildman–Crippen LogP) is 4.24. The summed E-state index contributed by atoms with van der Waals surface area (Å²) in [5.74, 6) is 0. The van der Waals surface area contributed by atoms with Gasteiger partial charge in [0.25, 0.3) is 0 Å². The fraction of sp³-hybridized carbons (Fsp3) is 0.643. The van der Waals surface area contributed by atoms with Crippen molar-refractivity contribution in [2.75, 3.05) is 0 Å². The van der Waals surface area contributed by atoms with Gasteiger partial charge in [-0.3, -0.25) is 4.98 Å². The molecule has 0 N–H and O–H groups in total. The minimum absolute atomic E-state index is 1.19. The normalized spacial score (nSPS) is 11.9. The molecule has 0 saturated carbocycles. The Morgan fingerprint density at radius 3 is 2.20 bits per heavy atom. The molecule has 2 rings (SSSR count). The Bertz CT molecular complexity index is 261. The lowest BCUT2D eigenvalue weighted by atomic mass is 10.1. The van der Waals surface area contributed by atoms with Gasteiger partial charge in [0, 0.05) is 11.4 Å². The zero-order valence-electron chi connectivity index (χ0n) is 11.1. The smallest absolute Gasteiger partial charge is 0.0439 e. The molecule has 1 heterocycles. The lowest BCUT2D eigenvalue weighted by Crippen LogP contribution is -1.93. The van der Waals surface area contributed by atoms with Crippen molar-refractivity contribution in [1.82, 2.24) is 4.98 Å². The van der Waals surface area contributed by atoms with Gasteiger partial charge in [0.1, 0.15) is 0 Å². The Kier molecular flexibility index (Phi) is 7.02. The maximum Gasteiger partial charge on any atom is 0.0439 e. The summed E-state index contributed by atoms with van der Waals surface area (Å²) in [6.45, 7) is 12.2. The Labute approximate surface area is 94.9 Å². The first kappa shape index (κ1) is 14.2. The van der Waals surface area contributed by atoms with Gasteiger partial charge in [-0.1, -0.05) is 33.8 Å². The molecule has 0 spiro atoms. The van der Waals surface area contributed by atoms with Crippen molar-refractivity contribution in [2.24, 2.45) is 0 Å². The fourth-order valence-corrected chi connectivity index (χ4v) is 1.69. The molecule has 0 radical (unpaired) electrons. The van der Waals surface area contributed by atoms with Gasteiger partial charge in [-0.15, -0.1) is 0 Å². The molecule has 0 aromatic carbocycles. The highest BCUT2D eigenvalue weighted by atomic mass is 14.7. The minimum atomic E-state index is 1.19. The van der Waals surface area contributed by atoms with Crippen molar-refractivity contribution < 1.29 is 0 Å². The Hall–Kier alpha value is -0.850. The maximum absolute atomic E-state index is 4.55. The molecule has 0 amide bonds. The molecule has 86 valence electrons. The van der Waals surface area contributed by atoms with E-state index in [4.69, 9.17) is 0 Å². The van der Waals surface area contributed by atoms with E-state index in [1.54, 1.807) is 0 Å². The van der Waals surface area contributed by atoms with Gasteiger partial charge in [-0.2, -0.15) is 0 Å². The van der Waals surface area contributed by atoms with E-state index < -0.39 is 0 Å². The van der Waals surface area contributed by atoms with Crippen LogP contribution in [0.15, 0.2) is 6.07 Å². The van der Waals surface area contributed by atoms with Gasteiger partial charge in [-0.05, 0) is 44.2 Å². The van der Waals surface area contributed by atoms with Crippen LogP contribution >= 0.6 is 0 Å². The molecule has 0 fully saturated rings. The predicted molar refractivity (Wildman–Crippen MR) is 68.4 cm³/mol. The zero-order chi connectivity index (χ0) is 11.8. The molecule has 0 atom stereocenters. The Balaban J connectivity index is 0.000000442. The van der Waals surface area contributed by atoms with Crippen LogP contribution in [0.2, 0.25) is 0 Å². The number of pyridine rings is 1. The highest BCUT2D eigenvalue weighted by Crippen LogP contribution is 2.21. The quantitative estimate of drug-likeness (QED) is 0.620. The molecule has 0 unspecified atom stereocenters. The fourth-order valence-electron chi connectivity index (χ4n) is 1.69. The number of hydrogen-bond donors (Lipinski definition) is 0. The minimum Gasteiger partial charge on any atom is -0.258 e. The molecule has 0 aliphatic heterocycles. The second-order valence-corrected chi connectivity index (χ2v) is 3.35. The third kappa shape index (κ3) is 3.65. The van der Waals surface area contributed by atoms with Crippen molar-refractivity contribution in [3.05, 3.63) is 28.6 Å². The van der Waals surface area contributed by atoms with Crippen LogP contribution in [-0.2, 0) is 12.8 Å². The highest BCUT2D eigenvalue weighted by Gasteiger charge is 2.12. The number of rotatable bonds is 0. The standard InChI is InChI=1S/C10H13N.2C2H6/c1-7-6-9-4-3-5-10(9)11-8(7)2;2*1-2/h6H,3-5H2,1-2H3;2*1-2H3. The van der Waals surface area contributed by atoms with Crippen molar-refractivity contribution in [3.8, 4) is 0 Å². The van der Waals surface area contributed by atoms with Crippen molar-refractivity contribution >= 4 is 0 Å². The highest BCUT2D eigenvalue weighted by molar-refractivity contribution is 5.32. The van der Waals surface area contributed by atoms with Crippen LogP contribution in [0, 0.1) is 13.8 Å². The van der Waals surface area contributed by atoms with Crippen LogP contribution in [0.5, 0.6) is 0 Å². The van der Waals surface area contributed by atoms with Gasteiger partial charge < -0.3 is 0 Å². The van der Waals surface area contributed by atoms with Crippen molar-refractivity contribution in [3.63, 3.8) is 0 Å². The monoisotopic (exact) mass is 207 g/mol. The lowest BCUT2D eigenvalue weighted by molar-refractivity contribution is 0.896. The first-order chi connectivity index (χ1) is 7.27. The number of aromatic nitrogens is 1. The third-order valence-electron chi connectivity index (χ3n) is 2.49. The topological polar surface area (TPSA) is 12.9 Å². The average Bonchev–Trinajstić information content (AvgIpc) is 2.72. The molecular weight excluding hydrogens is 182 g/mol. The van der Waals surface area contributed by atoms with Crippen LogP contribution in [0.1, 0.15) is 56.6 Å². The molecule has 1 aromatic heterocycles. The molecule has 0 bridgehead atoms. The largest absolute Gasteiger partial charge is 0.258 e. The molecule has 1 heteroatoms. The average molecular weight is 207 g/mol. The van der Waals surface area contributed by atoms with E-state index >= 15 is 0 Å². The first-order valence-corrected chi connectivity index (χ1v) is 6.23. The van der Waals surface area contributed by atoms with Gasteiger partial charge in [0.05, 0.1) is 0 Å². The van der Waals surface area contributed by atoms with E-state index in [0.717, 1.165) is 0 Å². The Morgan fingerprint density at radius 2 is 1.60 bits per heavy atom. The maximum atomic E-state index is 4.55. The van der Waals surface area contributed by atoms with Crippen molar-refractivity contribution in [2.45, 2.75) is 60.8 Å². The van der Waals surface area contributed by atoms with Gasteiger partial charge in [-0.25, -0.2) is 0 Å². The molecule has 1 aliphatic rings. The van der Waals surface area contributed by atoms with E-state index in [0.29, 0.717) is 0 Å². The number of nitrogens with zero attached hydrogens (tertiary/aromatic N) is 1. The number of fused-ring (bicyclic) bond motifs is 1. The first-order valence-electron chi connectivity index (χ1n) is 6.23. The summed E-state index contributed by atoms with van der Waals surface area (Å²) in [7, 11) is 0. The molecule has 1 aromatic rings. The SMILES string of the molecule is CC.CC.Cc1cc2c(nc1C)CCC2. The van der Waals surface area contributed by atoms with Crippen molar-refractivity contribution in [1.29, 1.82) is 0 Å². The summed E-state index contributed by atoms with van der Waals surface area (Å²) in [6.07, 6.45) is 3.73. The summed E-state index contributed by atoms with van der Waals surface area (Å²) in [5, 5.41) is 0. The van der Waals surface area contributed by atoms with E-state index in [1.807, 2.05) is 27.7 Å². The van der Waals surface area contributed by atoms with E-state index in [1.165, 1.54) is 41.8 Å². The number of aryl methyl sites for hydroxylation is 4. The van der Waals surface area contributed by atoms with Crippen LogP contribution in [-0.4, -0.2) is 4.98 Å². The Morgan fingerprint density at radius 1 is 1.00 bits per heavy atom. The summed E-state index contributed by atoms with van der Waals surface area (Å²) in [5.41, 5.74) is 5.36. The van der Waals surface area contributed by atoms with Gasteiger partial charge in [0.15, 0.2) is 0 Å². The van der Waals surface area contributed by atoms with Gasteiger partial charge in [0.2, 0.25) is 0 Å². The zero-order valence-corrected chi connectivity index (χ0v) is 11.1. The van der Waals surface area contributed by atoms with Gasteiger partial charge >= 0.3 is 0 Å². The number of hydrogen-bond acceptors (Lipinski definition) is 1. The molecule has 1 aliphatic carbocycles. The molecule has 1 nitrogen and oxygen atoms in total. The summed E-state index contributed by atoms with van der Waals surface area (Å²) in [4.78, 5) is 4.55. The van der Waals surface area contributed by atoms with Crippen LogP contribution in [0.3, 0.4) is 0 Å². The van der Waals surface area contributed by atoms with Crippen LogP contribution in [0.25, 0.3) is 0 Å². The third-order valence-corrected chi connectivity index (χ3v) is 2.49. The van der Waals surface area contributed by atoms with E-state index in [9.17, 15) is 0 Å². The summed E-state index contributed by atoms with van der Waals surface area (Å²) < 4.78 is 0. The lowest BCUT2D eigenvalue weighted by Gasteiger charge is -2.02. The summed E-state index contributed by atoms with van der Waals surface area (Å²) >= 11 is 0. The summed E-state index contributed by atoms with van der Waals surface area (Å²) in [6, 6.07) is 2.30. The van der Waals surface area contributed by atoms with E-state index in [2.05, 4.69) is 24.9 Å². The molecule has 0 saturated heterocycles. The van der Waals surface area contributed by atoms with Crippen LogP contribution < -0.4 is 0 Å².